The fourth-order valence-corrected chi connectivity index (χ4v) is 2.91. The van der Waals surface area contributed by atoms with Crippen LogP contribution in [0.1, 0.15) is 23.6 Å². The summed E-state index contributed by atoms with van der Waals surface area (Å²) in [5.74, 6) is 0.766. The molecule has 0 saturated heterocycles. The molecule has 0 heterocycles. The molecule has 1 N–H and O–H groups in total. The standard InChI is InChI=1S/C20H23ClN2O4/c1-12-9-13(2)18(16(21)10-12)23-20(24)14(3)27-22-11-15-7-6-8-17(25-4)19(15)26-5/h6-11,14H,1-5H3,(H,23,24)/b22-11+. The van der Waals surface area contributed by atoms with Gasteiger partial charge in [0.05, 0.1) is 31.1 Å². The maximum absolute atomic E-state index is 12.4. The zero-order chi connectivity index (χ0) is 20.0. The fourth-order valence-electron chi connectivity index (χ4n) is 2.54. The van der Waals surface area contributed by atoms with Gasteiger partial charge in [-0.1, -0.05) is 28.9 Å². The van der Waals surface area contributed by atoms with E-state index in [4.69, 9.17) is 25.9 Å². The smallest absolute Gasteiger partial charge is 0.268 e. The summed E-state index contributed by atoms with van der Waals surface area (Å²) >= 11 is 6.22. The van der Waals surface area contributed by atoms with Gasteiger partial charge >= 0.3 is 0 Å². The second-order valence-corrected chi connectivity index (χ2v) is 6.40. The first-order valence-electron chi connectivity index (χ1n) is 8.35. The highest BCUT2D eigenvalue weighted by Crippen LogP contribution is 2.29. The van der Waals surface area contributed by atoms with Crippen molar-refractivity contribution < 1.29 is 19.1 Å². The highest BCUT2D eigenvalue weighted by Gasteiger charge is 2.17. The fraction of sp³-hybridized carbons (Fsp3) is 0.300. The average molecular weight is 391 g/mol. The van der Waals surface area contributed by atoms with E-state index in [2.05, 4.69) is 10.5 Å². The number of carbonyl (C=O) groups excluding carboxylic acids is 1. The molecule has 0 spiro atoms. The molecule has 2 aromatic carbocycles. The van der Waals surface area contributed by atoms with E-state index >= 15 is 0 Å². The Morgan fingerprint density at radius 3 is 2.59 bits per heavy atom. The summed E-state index contributed by atoms with van der Waals surface area (Å²) in [5.41, 5.74) is 3.14. The van der Waals surface area contributed by atoms with Gasteiger partial charge in [-0.2, -0.15) is 0 Å². The number of anilines is 1. The van der Waals surface area contributed by atoms with Crippen LogP contribution in [0.15, 0.2) is 35.5 Å². The molecule has 0 radical (unpaired) electrons. The molecular weight excluding hydrogens is 368 g/mol. The third-order valence-electron chi connectivity index (χ3n) is 3.89. The van der Waals surface area contributed by atoms with Crippen molar-refractivity contribution in [3.8, 4) is 11.5 Å². The molecule has 6 nitrogen and oxygen atoms in total. The summed E-state index contributed by atoms with van der Waals surface area (Å²) in [4.78, 5) is 17.6. The number of hydrogen-bond acceptors (Lipinski definition) is 5. The lowest BCUT2D eigenvalue weighted by atomic mass is 10.1. The third-order valence-corrected chi connectivity index (χ3v) is 4.19. The lowest BCUT2D eigenvalue weighted by Gasteiger charge is -2.14. The number of nitrogens with zero attached hydrogens (tertiary/aromatic N) is 1. The summed E-state index contributed by atoms with van der Waals surface area (Å²) in [6.07, 6.45) is 0.657. The van der Waals surface area contributed by atoms with Crippen molar-refractivity contribution in [2.24, 2.45) is 5.16 Å². The minimum Gasteiger partial charge on any atom is -0.493 e. The van der Waals surface area contributed by atoms with Gasteiger partial charge in [0.15, 0.2) is 11.5 Å². The molecule has 1 unspecified atom stereocenters. The maximum atomic E-state index is 12.4. The Morgan fingerprint density at radius 1 is 1.22 bits per heavy atom. The van der Waals surface area contributed by atoms with Gasteiger partial charge in [-0.05, 0) is 50.1 Å². The number of benzene rings is 2. The lowest BCUT2D eigenvalue weighted by molar-refractivity contribution is -0.126. The van der Waals surface area contributed by atoms with Crippen LogP contribution in [0.4, 0.5) is 5.69 Å². The molecule has 0 bridgehead atoms. The third kappa shape index (κ3) is 5.14. The zero-order valence-electron chi connectivity index (χ0n) is 16.0. The van der Waals surface area contributed by atoms with E-state index in [1.54, 1.807) is 45.4 Å². The van der Waals surface area contributed by atoms with Crippen LogP contribution in [-0.4, -0.2) is 32.4 Å². The number of hydrogen-bond donors (Lipinski definition) is 1. The van der Waals surface area contributed by atoms with Crippen LogP contribution in [-0.2, 0) is 9.63 Å². The molecule has 0 aromatic heterocycles. The molecule has 0 aliphatic rings. The first kappa shape index (κ1) is 20.6. The number of aryl methyl sites for hydroxylation is 2. The Labute approximate surface area is 164 Å². The summed E-state index contributed by atoms with van der Waals surface area (Å²) in [7, 11) is 3.10. The number of amides is 1. The van der Waals surface area contributed by atoms with Gasteiger partial charge in [0.2, 0.25) is 6.10 Å². The highest BCUT2D eigenvalue weighted by molar-refractivity contribution is 6.34. The SMILES string of the molecule is COc1cccc(/C=N/OC(C)C(=O)Nc2c(C)cc(C)cc2Cl)c1OC. The normalized spacial score (nSPS) is 11.9. The van der Waals surface area contributed by atoms with E-state index in [0.29, 0.717) is 27.8 Å². The molecule has 7 heteroatoms. The molecule has 0 aliphatic heterocycles. The molecule has 27 heavy (non-hydrogen) atoms. The van der Waals surface area contributed by atoms with E-state index in [0.717, 1.165) is 11.1 Å². The molecule has 2 aromatic rings. The van der Waals surface area contributed by atoms with Crippen molar-refractivity contribution in [2.75, 3.05) is 19.5 Å². The lowest BCUT2D eigenvalue weighted by Crippen LogP contribution is -2.27. The van der Waals surface area contributed by atoms with E-state index in [1.165, 1.54) is 6.21 Å². The van der Waals surface area contributed by atoms with Gasteiger partial charge in [0, 0.05) is 5.56 Å². The predicted octanol–water partition coefficient (Wildman–Crippen LogP) is 4.35. The van der Waals surface area contributed by atoms with Gasteiger partial charge in [0.1, 0.15) is 0 Å². The summed E-state index contributed by atoms with van der Waals surface area (Å²) in [6, 6.07) is 9.12. The van der Waals surface area contributed by atoms with Crippen LogP contribution < -0.4 is 14.8 Å². The molecule has 1 amide bonds. The van der Waals surface area contributed by atoms with Crippen LogP contribution in [0, 0.1) is 13.8 Å². The first-order chi connectivity index (χ1) is 12.9. The Bertz CT molecular complexity index is 829. The summed E-state index contributed by atoms with van der Waals surface area (Å²) in [5, 5.41) is 7.16. The van der Waals surface area contributed by atoms with Crippen LogP contribution >= 0.6 is 11.6 Å². The number of oxime groups is 1. The number of nitrogens with one attached hydrogen (secondary N) is 1. The molecule has 144 valence electrons. The number of ether oxygens (including phenoxy) is 2. The second kappa shape index (κ2) is 9.28. The monoisotopic (exact) mass is 390 g/mol. The average Bonchev–Trinajstić information content (AvgIpc) is 2.63. The molecule has 2 rings (SSSR count). The minimum atomic E-state index is -0.811. The van der Waals surface area contributed by atoms with Gasteiger partial charge in [-0.25, -0.2) is 0 Å². The first-order valence-corrected chi connectivity index (χ1v) is 8.73. The molecule has 0 aliphatic carbocycles. The van der Waals surface area contributed by atoms with Crippen LogP contribution in [0.2, 0.25) is 5.02 Å². The van der Waals surface area contributed by atoms with Crippen molar-refractivity contribution in [3.63, 3.8) is 0 Å². The predicted molar refractivity (Wildman–Crippen MR) is 107 cm³/mol. The van der Waals surface area contributed by atoms with Gasteiger partial charge in [0.25, 0.3) is 5.91 Å². The Morgan fingerprint density at radius 2 is 1.96 bits per heavy atom. The van der Waals surface area contributed by atoms with Crippen molar-refractivity contribution in [1.29, 1.82) is 0 Å². The Balaban J connectivity index is 2.05. The second-order valence-electron chi connectivity index (χ2n) is 5.99. The van der Waals surface area contributed by atoms with Gasteiger partial charge in [-0.15, -0.1) is 0 Å². The maximum Gasteiger partial charge on any atom is 0.268 e. The van der Waals surface area contributed by atoms with E-state index in [-0.39, 0.29) is 5.91 Å². The Hall–Kier alpha value is -2.73. The largest absolute Gasteiger partial charge is 0.493 e. The van der Waals surface area contributed by atoms with Crippen molar-refractivity contribution in [2.45, 2.75) is 26.9 Å². The number of rotatable bonds is 7. The zero-order valence-corrected chi connectivity index (χ0v) is 16.8. The van der Waals surface area contributed by atoms with Crippen LogP contribution in [0.25, 0.3) is 0 Å². The molecular formula is C20H23ClN2O4. The number of halogens is 1. The quantitative estimate of drug-likeness (QED) is 0.563. The topological polar surface area (TPSA) is 69.2 Å². The summed E-state index contributed by atoms with van der Waals surface area (Å²) in [6.45, 7) is 5.43. The van der Waals surface area contributed by atoms with E-state index in [1.807, 2.05) is 19.9 Å². The van der Waals surface area contributed by atoms with Crippen molar-refractivity contribution >= 4 is 29.4 Å². The van der Waals surface area contributed by atoms with Crippen LogP contribution in [0.5, 0.6) is 11.5 Å². The Kier molecular flexibility index (Phi) is 7.07. The van der Waals surface area contributed by atoms with Crippen LogP contribution in [0.3, 0.4) is 0 Å². The van der Waals surface area contributed by atoms with E-state index < -0.39 is 6.10 Å². The van der Waals surface area contributed by atoms with Gasteiger partial charge < -0.3 is 19.6 Å². The van der Waals surface area contributed by atoms with Crippen molar-refractivity contribution in [3.05, 3.63) is 52.0 Å². The van der Waals surface area contributed by atoms with Gasteiger partial charge in [-0.3, -0.25) is 4.79 Å². The molecule has 0 saturated carbocycles. The summed E-state index contributed by atoms with van der Waals surface area (Å²) < 4.78 is 10.6. The highest BCUT2D eigenvalue weighted by atomic mass is 35.5. The molecule has 0 fully saturated rings. The molecule has 1 atom stereocenters. The van der Waals surface area contributed by atoms with Crippen molar-refractivity contribution in [1.82, 2.24) is 0 Å². The number of para-hydroxylation sites is 1. The number of methoxy groups -OCH3 is 2. The number of carbonyl (C=O) groups is 1. The van der Waals surface area contributed by atoms with E-state index in [9.17, 15) is 4.79 Å². The minimum absolute atomic E-state index is 0.349.